The van der Waals surface area contributed by atoms with Crippen molar-refractivity contribution in [3.05, 3.63) is 61.9 Å². The monoisotopic (exact) mass is 419 g/mol. The summed E-state index contributed by atoms with van der Waals surface area (Å²) in [7, 11) is 0. The van der Waals surface area contributed by atoms with Crippen LogP contribution in [0.5, 0.6) is 0 Å². The van der Waals surface area contributed by atoms with Crippen molar-refractivity contribution in [2.75, 3.05) is 5.32 Å². The van der Waals surface area contributed by atoms with E-state index in [0.29, 0.717) is 0 Å². The van der Waals surface area contributed by atoms with Crippen LogP contribution in [0.2, 0.25) is 0 Å². The zero-order chi connectivity index (χ0) is 13.1. The molecule has 2 aromatic carbocycles. The Labute approximate surface area is 128 Å². The molecule has 1 atom stereocenters. The van der Waals surface area contributed by atoms with Crippen LogP contribution in [0.3, 0.4) is 0 Å². The van der Waals surface area contributed by atoms with Crippen LogP contribution in [0.25, 0.3) is 0 Å². The van der Waals surface area contributed by atoms with Crippen molar-refractivity contribution < 1.29 is 4.39 Å². The molecule has 0 saturated carbocycles. The summed E-state index contributed by atoms with van der Waals surface area (Å²) in [5, 5.41) is 3.36. The predicted molar refractivity (Wildman–Crippen MR) is 85.3 cm³/mol. The zero-order valence-electron chi connectivity index (χ0n) is 9.75. The number of rotatable bonds is 3. The fourth-order valence-electron chi connectivity index (χ4n) is 1.67. The van der Waals surface area contributed by atoms with Crippen molar-refractivity contribution >= 4 is 44.2 Å². The van der Waals surface area contributed by atoms with E-state index in [1.165, 1.54) is 21.3 Å². The molecule has 4 heteroatoms. The van der Waals surface area contributed by atoms with E-state index in [0.717, 1.165) is 10.2 Å². The van der Waals surface area contributed by atoms with Gasteiger partial charge in [-0.3, -0.25) is 0 Å². The van der Waals surface area contributed by atoms with Gasteiger partial charge in [0.1, 0.15) is 5.82 Å². The third-order valence-electron chi connectivity index (χ3n) is 2.67. The Balaban J connectivity index is 2.15. The quantitative estimate of drug-likeness (QED) is 0.660. The predicted octanol–water partition coefficient (Wildman–Crippen LogP) is 5.37. The Hall–Kier alpha value is -0.620. The highest BCUT2D eigenvalue weighted by molar-refractivity contribution is 14.1. The topological polar surface area (TPSA) is 12.0 Å². The second-order valence-corrected chi connectivity index (χ2v) is 6.14. The lowest BCUT2D eigenvalue weighted by Crippen LogP contribution is -2.07. The lowest BCUT2D eigenvalue weighted by Gasteiger charge is -2.17. The summed E-state index contributed by atoms with van der Waals surface area (Å²) in [6.45, 7) is 2.08. The highest BCUT2D eigenvalue weighted by Crippen LogP contribution is 2.27. The smallest absolute Gasteiger partial charge is 0.124 e. The molecule has 2 rings (SSSR count). The molecule has 1 N–H and O–H groups in total. The van der Waals surface area contributed by atoms with Gasteiger partial charge in [0, 0.05) is 19.8 Å². The molecule has 1 unspecified atom stereocenters. The van der Waals surface area contributed by atoms with Crippen molar-refractivity contribution in [2.45, 2.75) is 13.0 Å². The highest BCUT2D eigenvalue weighted by atomic mass is 127. The maximum Gasteiger partial charge on any atom is 0.124 e. The molecule has 0 radical (unpaired) electrons. The molecule has 94 valence electrons. The molecule has 1 nitrogen and oxygen atoms in total. The van der Waals surface area contributed by atoms with Crippen LogP contribution in [0.1, 0.15) is 18.5 Å². The van der Waals surface area contributed by atoms with Gasteiger partial charge in [-0.2, -0.15) is 0 Å². The second-order valence-electron chi connectivity index (χ2n) is 4.04. The largest absolute Gasteiger partial charge is 0.378 e. The fourth-order valence-corrected chi connectivity index (χ4v) is 2.50. The number of hydrogen-bond acceptors (Lipinski definition) is 1. The first-order valence-corrected chi connectivity index (χ1v) is 7.40. The van der Waals surface area contributed by atoms with Gasteiger partial charge in [-0.05, 0) is 81.3 Å². The van der Waals surface area contributed by atoms with Gasteiger partial charge in [-0.25, -0.2) is 4.39 Å². The molecule has 0 bridgehead atoms. The van der Waals surface area contributed by atoms with E-state index in [4.69, 9.17) is 0 Å². The van der Waals surface area contributed by atoms with Crippen LogP contribution in [-0.2, 0) is 0 Å². The fraction of sp³-hybridized carbons (Fsp3) is 0.143. The van der Waals surface area contributed by atoms with E-state index in [-0.39, 0.29) is 11.9 Å². The number of halogens is 3. The first kappa shape index (κ1) is 13.8. The SMILES string of the molecule is CC(Nc1ccc(F)cc1Br)c1ccc(I)cc1. The Morgan fingerprint density at radius 1 is 1.17 bits per heavy atom. The van der Waals surface area contributed by atoms with Crippen LogP contribution in [-0.4, -0.2) is 0 Å². The highest BCUT2D eigenvalue weighted by Gasteiger charge is 2.07. The van der Waals surface area contributed by atoms with Crippen molar-refractivity contribution in [3.63, 3.8) is 0 Å². The molecule has 0 aliphatic carbocycles. The van der Waals surface area contributed by atoms with Crippen molar-refractivity contribution in [2.24, 2.45) is 0 Å². The lowest BCUT2D eigenvalue weighted by molar-refractivity contribution is 0.627. The maximum atomic E-state index is 13.0. The third kappa shape index (κ3) is 3.45. The van der Waals surface area contributed by atoms with Crippen molar-refractivity contribution in [1.29, 1.82) is 0 Å². The molecule has 0 saturated heterocycles. The van der Waals surface area contributed by atoms with Crippen LogP contribution in [0.15, 0.2) is 46.9 Å². The standard InChI is InChI=1S/C14H12BrFIN/c1-9(10-2-5-12(17)6-3-10)18-14-7-4-11(16)8-13(14)15/h2-9,18H,1H3. The molecule has 18 heavy (non-hydrogen) atoms. The molecule has 0 aliphatic heterocycles. The van der Waals surface area contributed by atoms with Gasteiger partial charge in [0.25, 0.3) is 0 Å². The lowest BCUT2D eigenvalue weighted by atomic mass is 10.1. The van der Waals surface area contributed by atoms with Gasteiger partial charge in [0.05, 0.1) is 0 Å². The van der Waals surface area contributed by atoms with Crippen LogP contribution < -0.4 is 5.32 Å². The van der Waals surface area contributed by atoms with Crippen molar-refractivity contribution in [1.82, 2.24) is 0 Å². The van der Waals surface area contributed by atoms with E-state index in [1.807, 2.05) is 0 Å². The maximum absolute atomic E-state index is 13.0. The summed E-state index contributed by atoms with van der Waals surface area (Å²) < 4.78 is 14.9. The van der Waals surface area contributed by atoms with E-state index >= 15 is 0 Å². The van der Waals surface area contributed by atoms with Crippen LogP contribution in [0.4, 0.5) is 10.1 Å². The minimum Gasteiger partial charge on any atom is -0.378 e. The van der Waals surface area contributed by atoms with Gasteiger partial charge < -0.3 is 5.32 Å². The van der Waals surface area contributed by atoms with E-state index < -0.39 is 0 Å². The van der Waals surface area contributed by atoms with Gasteiger partial charge in [-0.1, -0.05) is 12.1 Å². The molecule has 0 heterocycles. The zero-order valence-corrected chi connectivity index (χ0v) is 13.5. The number of nitrogens with one attached hydrogen (secondary N) is 1. The normalized spacial score (nSPS) is 12.2. The van der Waals surface area contributed by atoms with Gasteiger partial charge >= 0.3 is 0 Å². The van der Waals surface area contributed by atoms with Gasteiger partial charge in [0.15, 0.2) is 0 Å². The van der Waals surface area contributed by atoms with Gasteiger partial charge in [-0.15, -0.1) is 0 Å². The van der Waals surface area contributed by atoms with E-state index in [1.54, 1.807) is 6.07 Å². The van der Waals surface area contributed by atoms with Crippen LogP contribution in [0, 0.1) is 9.39 Å². The summed E-state index contributed by atoms with van der Waals surface area (Å²) >= 11 is 5.64. The van der Waals surface area contributed by atoms with E-state index in [2.05, 4.69) is 75.0 Å². The summed E-state index contributed by atoms with van der Waals surface area (Å²) in [6.07, 6.45) is 0. The molecule has 2 aromatic rings. The third-order valence-corrected chi connectivity index (χ3v) is 4.05. The second kappa shape index (κ2) is 6.02. The number of hydrogen-bond donors (Lipinski definition) is 1. The summed E-state index contributed by atoms with van der Waals surface area (Å²) in [5.74, 6) is -0.241. The number of anilines is 1. The molecular formula is C14H12BrFIN. The molecule has 0 spiro atoms. The Bertz CT molecular complexity index is 542. The molecule has 0 aromatic heterocycles. The number of benzene rings is 2. The first-order valence-electron chi connectivity index (χ1n) is 5.53. The minimum absolute atomic E-state index is 0.170. The molecule has 0 amide bonds. The molecule has 0 fully saturated rings. The Morgan fingerprint density at radius 3 is 2.44 bits per heavy atom. The summed E-state index contributed by atoms with van der Waals surface area (Å²) in [6, 6.07) is 13.2. The van der Waals surface area contributed by atoms with Gasteiger partial charge in [0.2, 0.25) is 0 Å². The molecular weight excluding hydrogens is 408 g/mol. The first-order chi connectivity index (χ1) is 8.56. The summed E-state index contributed by atoms with van der Waals surface area (Å²) in [4.78, 5) is 0. The van der Waals surface area contributed by atoms with Crippen molar-refractivity contribution in [3.8, 4) is 0 Å². The van der Waals surface area contributed by atoms with Crippen LogP contribution >= 0.6 is 38.5 Å². The molecule has 0 aliphatic rings. The summed E-state index contributed by atoms with van der Waals surface area (Å²) in [5.41, 5.74) is 2.09. The Kier molecular flexibility index (Phi) is 4.61. The minimum atomic E-state index is -0.241. The Morgan fingerprint density at radius 2 is 1.83 bits per heavy atom. The van der Waals surface area contributed by atoms with E-state index in [9.17, 15) is 4.39 Å². The average molecular weight is 420 g/mol. The average Bonchev–Trinajstić information content (AvgIpc) is 2.33.